The first-order valence-corrected chi connectivity index (χ1v) is 8.46. The largest absolute Gasteiger partial charge is 0.465 e. The molecular formula is C18H33NO2. The van der Waals surface area contributed by atoms with Crippen molar-refractivity contribution in [2.45, 2.75) is 79.5 Å². The van der Waals surface area contributed by atoms with Crippen LogP contribution in [0.2, 0.25) is 0 Å². The van der Waals surface area contributed by atoms with Crippen LogP contribution in [0.4, 0.5) is 0 Å². The molecule has 1 unspecified atom stereocenters. The van der Waals surface area contributed by atoms with Gasteiger partial charge in [-0.05, 0) is 25.3 Å². The van der Waals surface area contributed by atoms with Crippen molar-refractivity contribution in [3.8, 4) is 0 Å². The normalized spacial score (nSPS) is 13.0. The van der Waals surface area contributed by atoms with Crippen LogP contribution in [0.3, 0.4) is 0 Å². The van der Waals surface area contributed by atoms with Crippen molar-refractivity contribution in [3.05, 3.63) is 23.2 Å². The van der Waals surface area contributed by atoms with Gasteiger partial charge in [-0.2, -0.15) is 0 Å². The summed E-state index contributed by atoms with van der Waals surface area (Å²) in [5, 5.41) is 3.37. The lowest BCUT2D eigenvalue weighted by Gasteiger charge is -2.14. The van der Waals surface area contributed by atoms with Crippen LogP contribution in [-0.2, 0) is 17.9 Å². The second-order valence-electron chi connectivity index (χ2n) is 6.26. The zero-order valence-corrected chi connectivity index (χ0v) is 14.5. The average Bonchev–Trinajstić information content (AvgIpc) is 2.81. The molecule has 0 aromatic carbocycles. The van der Waals surface area contributed by atoms with Gasteiger partial charge < -0.3 is 14.5 Å². The van der Waals surface area contributed by atoms with E-state index in [1.54, 1.807) is 0 Å². The Kier molecular flexibility index (Phi) is 8.70. The average molecular weight is 295 g/mol. The Balaban J connectivity index is 2.37. The fourth-order valence-electron chi connectivity index (χ4n) is 2.36. The van der Waals surface area contributed by atoms with Crippen molar-refractivity contribution >= 4 is 0 Å². The van der Waals surface area contributed by atoms with Crippen molar-refractivity contribution in [3.63, 3.8) is 0 Å². The second-order valence-corrected chi connectivity index (χ2v) is 6.26. The van der Waals surface area contributed by atoms with Gasteiger partial charge in [-0.1, -0.05) is 47.0 Å². The summed E-state index contributed by atoms with van der Waals surface area (Å²) in [7, 11) is 0. The topological polar surface area (TPSA) is 34.4 Å². The van der Waals surface area contributed by atoms with Gasteiger partial charge in [0.25, 0.3) is 0 Å². The third kappa shape index (κ3) is 7.14. The molecule has 0 aliphatic rings. The van der Waals surface area contributed by atoms with Crippen LogP contribution >= 0.6 is 0 Å². The van der Waals surface area contributed by atoms with Crippen molar-refractivity contribution in [2.24, 2.45) is 5.92 Å². The van der Waals surface area contributed by atoms with Gasteiger partial charge in [0.1, 0.15) is 11.5 Å². The highest BCUT2D eigenvalue weighted by molar-refractivity contribution is 5.19. The standard InChI is InChI=1S/C18H33NO2/c1-6-8-9-16(7-2)12-20-13-17-10-18(21-15(17)5)11-19-14(3)4/h10,14,16,19H,6-9,11-13H2,1-5H3. The van der Waals surface area contributed by atoms with E-state index in [-0.39, 0.29) is 0 Å². The van der Waals surface area contributed by atoms with Gasteiger partial charge in [0.05, 0.1) is 13.2 Å². The highest BCUT2D eigenvalue weighted by Gasteiger charge is 2.10. The molecule has 1 aromatic heterocycles. The molecule has 0 saturated carbocycles. The van der Waals surface area contributed by atoms with Crippen molar-refractivity contribution in [2.75, 3.05) is 6.61 Å². The van der Waals surface area contributed by atoms with E-state index in [2.05, 4.69) is 39.1 Å². The molecular weight excluding hydrogens is 262 g/mol. The van der Waals surface area contributed by atoms with Crippen LogP contribution in [0, 0.1) is 12.8 Å². The number of hydrogen-bond donors (Lipinski definition) is 1. The van der Waals surface area contributed by atoms with Gasteiger partial charge >= 0.3 is 0 Å². The summed E-state index contributed by atoms with van der Waals surface area (Å²) in [6.45, 7) is 13.1. The maximum absolute atomic E-state index is 5.91. The maximum Gasteiger partial charge on any atom is 0.118 e. The molecule has 21 heavy (non-hydrogen) atoms. The molecule has 1 rings (SSSR count). The monoisotopic (exact) mass is 295 g/mol. The first-order chi connectivity index (χ1) is 10.1. The summed E-state index contributed by atoms with van der Waals surface area (Å²) in [4.78, 5) is 0. The number of rotatable bonds is 11. The Morgan fingerprint density at radius 1 is 1.29 bits per heavy atom. The Hall–Kier alpha value is -0.800. The van der Waals surface area contributed by atoms with Crippen LogP contribution in [-0.4, -0.2) is 12.6 Å². The number of unbranched alkanes of at least 4 members (excludes halogenated alkanes) is 1. The number of hydrogen-bond acceptors (Lipinski definition) is 3. The molecule has 0 fully saturated rings. The van der Waals surface area contributed by atoms with Gasteiger partial charge in [0.2, 0.25) is 0 Å². The Labute approximate surface area is 130 Å². The molecule has 1 aromatic rings. The number of ether oxygens (including phenoxy) is 1. The molecule has 122 valence electrons. The summed E-state index contributed by atoms with van der Waals surface area (Å²) < 4.78 is 11.7. The van der Waals surface area contributed by atoms with Crippen LogP contribution in [0.1, 0.15) is 70.5 Å². The van der Waals surface area contributed by atoms with E-state index in [9.17, 15) is 0 Å². The van der Waals surface area contributed by atoms with Crippen LogP contribution in [0.5, 0.6) is 0 Å². The van der Waals surface area contributed by atoms with E-state index in [4.69, 9.17) is 9.15 Å². The Morgan fingerprint density at radius 2 is 2.05 bits per heavy atom. The zero-order valence-electron chi connectivity index (χ0n) is 14.5. The molecule has 0 radical (unpaired) electrons. The lowest BCUT2D eigenvalue weighted by atomic mass is 10.0. The zero-order chi connectivity index (χ0) is 15.7. The lowest BCUT2D eigenvalue weighted by Crippen LogP contribution is -2.21. The van der Waals surface area contributed by atoms with E-state index >= 15 is 0 Å². The summed E-state index contributed by atoms with van der Waals surface area (Å²) >= 11 is 0. The highest BCUT2D eigenvalue weighted by atomic mass is 16.5. The quantitative estimate of drug-likeness (QED) is 0.635. The van der Waals surface area contributed by atoms with Gasteiger partial charge in [0, 0.05) is 18.2 Å². The summed E-state index contributed by atoms with van der Waals surface area (Å²) in [5.41, 5.74) is 1.18. The highest BCUT2D eigenvalue weighted by Crippen LogP contribution is 2.18. The summed E-state index contributed by atoms with van der Waals surface area (Å²) in [6.07, 6.45) is 5.05. The van der Waals surface area contributed by atoms with E-state index in [1.165, 1.54) is 31.2 Å². The van der Waals surface area contributed by atoms with Crippen LogP contribution < -0.4 is 5.32 Å². The molecule has 0 saturated heterocycles. The lowest BCUT2D eigenvalue weighted by molar-refractivity contribution is 0.0812. The van der Waals surface area contributed by atoms with Gasteiger partial charge in [-0.25, -0.2) is 0 Å². The summed E-state index contributed by atoms with van der Waals surface area (Å²) in [5.74, 6) is 2.68. The first kappa shape index (κ1) is 18.2. The predicted octanol–water partition coefficient (Wildman–Crippen LogP) is 4.82. The number of nitrogens with one attached hydrogen (secondary N) is 1. The van der Waals surface area contributed by atoms with Gasteiger partial charge in [-0.3, -0.25) is 0 Å². The number of aryl methyl sites for hydroxylation is 1. The maximum atomic E-state index is 5.91. The second kappa shape index (κ2) is 10.0. The molecule has 1 heterocycles. The Bertz CT molecular complexity index is 385. The summed E-state index contributed by atoms with van der Waals surface area (Å²) in [6, 6.07) is 2.59. The minimum Gasteiger partial charge on any atom is -0.465 e. The van der Waals surface area contributed by atoms with Crippen molar-refractivity contribution in [1.82, 2.24) is 5.32 Å². The van der Waals surface area contributed by atoms with Crippen LogP contribution in [0.15, 0.2) is 10.5 Å². The van der Waals surface area contributed by atoms with E-state index < -0.39 is 0 Å². The first-order valence-electron chi connectivity index (χ1n) is 8.46. The molecule has 3 nitrogen and oxygen atoms in total. The van der Waals surface area contributed by atoms with Crippen LogP contribution in [0.25, 0.3) is 0 Å². The van der Waals surface area contributed by atoms with E-state index in [1.807, 2.05) is 6.92 Å². The van der Waals surface area contributed by atoms with Crippen molar-refractivity contribution < 1.29 is 9.15 Å². The Morgan fingerprint density at radius 3 is 2.67 bits per heavy atom. The van der Waals surface area contributed by atoms with Gasteiger partial charge in [-0.15, -0.1) is 0 Å². The van der Waals surface area contributed by atoms with Crippen molar-refractivity contribution in [1.29, 1.82) is 0 Å². The van der Waals surface area contributed by atoms with E-state index in [0.29, 0.717) is 18.6 Å². The fourth-order valence-corrected chi connectivity index (χ4v) is 2.36. The fraction of sp³-hybridized carbons (Fsp3) is 0.778. The predicted molar refractivity (Wildman–Crippen MR) is 88.4 cm³/mol. The minimum atomic E-state index is 0.471. The molecule has 0 amide bonds. The third-order valence-electron chi connectivity index (χ3n) is 3.91. The number of furan rings is 1. The third-order valence-corrected chi connectivity index (χ3v) is 3.91. The smallest absolute Gasteiger partial charge is 0.118 e. The SMILES string of the molecule is CCCCC(CC)COCc1cc(CNC(C)C)oc1C. The minimum absolute atomic E-state index is 0.471. The molecule has 0 spiro atoms. The van der Waals surface area contributed by atoms with E-state index in [0.717, 1.165) is 24.7 Å². The van der Waals surface area contributed by atoms with Gasteiger partial charge in [0.15, 0.2) is 0 Å². The molecule has 0 bridgehead atoms. The molecule has 1 atom stereocenters. The molecule has 1 N–H and O–H groups in total. The molecule has 0 aliphatic carbocycles. The molecule has 3 heteroatoms. The molecule has 0 aliphatic heterocycles.